The number of carbonyl (C=O) groups excluding carboxylic acids is 1. The van der Waals surface area contributed by atoms with E-state index in [0.29, 0.717) is 6.54 Å². The number of aromatic nitrogens is 1. The lowest BCUT2D eigenvalue weighted by Crippen LogP contribution is -2.58. The summed E-state index contributed by atoms with van der Waals surface area (Å²) in [4.78, 5) is 26.0. The molecule has 3 rings (SSSR count). The molecule has 6 heteroatoms. The van der Waals surface area contributed by atoms with Gasteiger partial charge in [0.15, 0.2) is 0 Å². The van der Waals surface area contributed by atoms with Gasteiger partial charge in [-0.3, -0.25) is 9.59 Å². The highest BCUT2D eigenvalue weighted by atomic mass is 16.5. The molecular weight excluding hydrogens is 282 g/mol. The summed E-state index contributed by atoms with van der Waals surface area (Å²) in [6.07, 6.45) is 3.59. The molecule has 120 valence electrons. The minimum atomic E-state index is -0.252. The molecule has 0 atom stereocenters. The molecular formula is C16H23N3O3. The lowest BCUT2D eigenvalue weighted by molar-refractivity contribution is -0.141. The lowest BCUT2D eigenvalue weighted by atomic mass is 9.90. The number of hydrogen-bond acceptors (Lipinski definition) is 4. The van der Waals surface area contributed by atoms with Crippen molar-refractivity contribution in [1.29, 1.82) is 0 Å². The van der Waals surface area contributed by atoms with Gasteiger partial charge >= 0.3 is 0 Å². The van der Waals surface area contributed by atoms with Crippen LogP contribution in [0.25, 0.3) is 0 Å². The van der Waals surface area contributed by atoms with E-state index in [1.807, 2.05) is 13.8 Å². The molecule has 2 fully saturated rings. The van der Waals surface area contributed by atoms with Crippen molar-refractivity contribution in [1.82, 2.24) is 9.88 Å². The molecule has 0 saturated carbocycles. The molecule has 2 saturated heterocycles. The van der Waals surface area contributed by atoms with Crippen LogP contribution in [0.2, 0.25) is 0 Å². The first kappa shape index (κ1) is 15.2. The van der Waals surface area contributed by atoms with Gasteiger partial charge in [-0.25, -0.2) is 0 Å². The number of anilines is 1. The molecule has 0 unspecified atom stereocenters. The summed E-state index contributed by atoms with van der Waals surface area (Å²) in [5, 5.41) is 3.32. The van der Waals surface area contributed by atoms with Gasteiger partial charge in [0.2, 0.25) is 0 Å². The van der Waals surface area contributed by atoms with E-state index >= 15 is 0 Å². The average Bonchev–Trinajstić information content (AvgIpc) is 2.51. The van der Waals surface area contributed by atoms with Gasteiger partial charge in [-0.15, -0.1) is 0 Å². The second-order valence-electron chi connectivity index (χ2n) is 6.43. The van der Waals surface area contributed by atoms with Crippen molar-refractivity contribution in [3.05, 3.63) is 28.7 Å². The summed E-state index contributed by atoms with van der Waals surface area (Å²) in [6.45, 7) is 6.41. The minimum Gasteiger partial charge on any atom is -0.363 e. The zero-order valence-electron chi connectivity index (χ0n) is 13.2. The molecule has 0 aliphatic carbocycles. The summed E-state index contributed by atoms with van der Waals surface area (Å²) >= 11 is 0. The highest BCUT2D eigenvalue weighted by Crippen LogP contribution is 2.30. The van der Waals surface area contributed by atoms with Crippen LogP contribution in [0.4, 0.5) is 5.69 Å². The third-order valence-electron chi connectivity index (χ3n) is 4.55. The fourth-order valence-corrected chi connectivity index (χ4v) is 3.19. The Morgan fingerprint density at radius 2 is 1.95 bits per heavy atom. The molecule has 1 N–H and O–H groups in total. The molecule has 2 aliphatic rings. The van der Waals surface area contributed by atoms with Crippen molar-refractivity contribution in [3.8, 4) is 0 Å². The Balaban J connectivity index is 1.90. The summed E-state index contributed by atoms with van der Waals surface area (Å²) in [7, 11) is 0. The van der Waals surface area contributed by atoms with E-state index in [1.165, 1.54) is 6.07 Å². The quantitative estimate of drug-likeness (QED) is 0.882. The Bertz CT molecular complexity index is 617. The first-order valence-corrected chi connectivity index (χ1v) is 7.88. The van der Waals surface area contributed by atoms with E-state index in [0.717, 1.165) is 31.6 Å². The monoisotopic (exact) mass is 305 g/mol. The normalized spacial score (nSPS) is 21.6. The largest absolute Gasteiger partial charge is 0.363 e. The Kier molecular flexibility index (Phi) is 4.06. The Morgan fingerprint density at radius 3 is 2.64 bits per heavy atom. The summed E-state index contributed by atoms with van der Waals surface area (Å²) < 4.78 is 7.53. The third kappa shape index (κ3) is 2.80. The average molecular weight is 305 g/mol. The Hall–Kier alpha value is -1.66. The topological polar surface area (TPSA) is 63.6 Å². The van der Waals surface area contributed by atoms with Crippen LogP contribution in [0.5, 0.6) is 0 Å². The predicted molar refractivity (Wildman–Crippen MR) is 84.2 cm³/mol. The third-order valence-corrected chi connectivity index (χ3v) is 4.55. The summed E-state index contributed by atoms with van der Waals surface area (Å²) in [6, 6.07) is 3.34. The zero-order valence-corrected chi connectivity index (χ0v) is 13.2. The number of carbonyl (C=O) groups is 1. The van der Waals surface area contributed by atoms with Crippen molar-refractivity contribution in [2.75, 3.05) is 31.1 Å². The van der Waals surface area contributed by atoms with Crippen LogP contribution >= 0.6 is 0 Å². The molecule has 1 spiro atoms. The number of hydrogen-bond donors (Lipinski definition) is 1. The van der Waals surface area contributed by atoms with Crippen LogP contribution in [0, 0.1) is 0 Å². The van der Waals surface area contributed by atoms with Crippen molar-refractivity contribution in [2.45, 2.75) is 38.3 Å². The highest BCUT2D eigenvalue weighted by molar-refractivity contribution is 5.95. The van der Waals surface area contributed by atoms with Crippen LogP contribution in [-0.4, -0.2) is 42.3 Å². The van der Waals surface area contributed by atoms with Crippen LogP contribution < -0.4 is 15.8 Å². The second kappa shape index (κ2) is 5.85. The van der Waals surface area contributed by atoms with Gasteiger partial charge in [0.05, 0.1) is 17.8 Å². The summed E-state index contributed by atoms with van der Waals surface area (Å²) in [5.74, 6) is -0.0434. The van der Waals surface area contributed by atoms with E-state index in [-0.39, 0.29) is 29.7 Å². The standard InChI is InChI=1S/C16H23N3O3/c1-12(2)18-9-13(3-4-14(18)20)19-11-16(22-10-15(19)21)5-7-17-8-6-16/h3-4,9,12,17H,5-8,10-11H2,1-2H3. The van der Waals surface area contributed by atoms with Gasteiger partial charge in [-0.05, 0) is 45.8 Å². The van der Waals surface area contributed by atoms with E-state index < -0.39 is 0 Å². The van der Waals surface area contributed by atoms with Crippen molar-refractivity contribution in [2.24, 2.45) is 0 Å². The molecule has 2 aliphatic heterocycles. The molecule has 0 aromatic carbocycles. The first-order valence-electron chi connectivity index (χ1n) is 7.88. The fraction of sp³-hybridized carbons (Fsp3) is 0.625. The molecule has 1 aromatic rings. The SMILES string of the molecule is CC(C)n1cc(N2CC3(CCNCC3)OCC2=O)ccc1=O. The van der Waals surface area contributed by atoms with E-state index in [1.54, 1.807) is 21.7 Å². The Labute approximate surface area is 130 Å². The number of nitrogens with one attached hydrogen (secondary N) is 1. The maximum Gasteiger partial charge on any atom is 0.253 e. The van der Waals surface area contributed by atoms with Gasteiger partial charge in [-0.2, -0.15) is 0 Å². The molecule has 1 aromatic heterocycles. The summed E-state index contributed by atoms with van der Waals surface area (Å²) in [5.41, 5.74) is 0.480. The second-order valence-corrected chi connectivity index (χ2v) is 6.43. The molecule has 22 heavy (non-hydrogen) atoms. The highest BCUT2D eigenvalue weighted by Gasteiger charge is 2.41. The zero-order chi connectivity index (χ0) is 15.7. The van der Waals surface area contributed by atoms with Crippen molar-refractivity contribution in [3.63, 3.8) is 0 Å². The van der Waals surface area contributed by atoms with Crippen LogP contribution in [0.1, 0.15) is 32.7 Å². The molecule has 6 nitrogen and oxygen atoms in total. The van der Waals surface area contributed by atoms with Gasteiger partial charge in [0.25, 0.3) is 11.5 Å². The maximum absolute atomic E-state index is 12.3. The molecule has 0 bridgehead atoms. The number of morpholine rings is 1. The predicted octanol–water partition coefficient (Wildman–Crippen LogP) is 0.915. The van der Waals surface area contributed by atoms with Crippen molar-refractivity contribution < 1.29 is 9.53 Å². The Morgan fingerprint density at radius 1 is 1.23 bits per heavy atom. The van der Waals surface area contributed by atoms with E-state index in [9.17, 15) is 9.59 Å². The fourth-order valence-electron chi connectivity index (χ4n) is 3.19. The van der Waals surface area contributed by atoms with Gasteiger partial charge in [0, 0.05) is 18.3 Å². The molecule has 0 radical (unpaired) electrons. The maximum atomic E-state index is 12.3. The molecule has 3 heterocycles. The van der Waals surface area contributed by atoms with Crippen LogP contribution in [0.15, 0.2) is 23.1 Å². The van der Waals surface area contributed by atoms with E-state index in [2.05, 4.69) is 5.32 Å². The number of piperidine rings is 1. The minimum absolute atomic E-state index is 0.0434. The number of ether oxygens (including phenoxy) is 1. The molecule has 1 amide bonds. The van der Waals surface area contributed by atoms with Crippen LogP contribution in [0.3, 0.4) is 0 Å². The number of pyridine rings is 1. The first-order chi connectivity index (χ1) is 10.5. The van der Waals surface area contributed by atoms with Gasteiger partial charge in [0.1, 0.15) is 6.61 Å². The van der Waals surface area contributed by atoms with Gasteiger partial charge < -0.3 is 19.5 Å². The number of nitrogens with zero attached hydrogens (tertiary/aromatic N) is 2. The lowest BCUT2D eigenvalue weighted by Gasteiger charge is -2.44. The van der Waals surface area contributed by atoms with Crippen LogP contribution in [-0.2, 0) is 9.53 Å². The van der Waals surface area contributed by atoms with Crippen molar-refractivity contribution >= 4 is 11.6 Å². The van der Waals surface area contributed by atoms with Gasteiger partial charge in [-0.1, -0.05) is 0 Å². The number of amides is 1. The smallest absolute Gasteiger partial charge is 0.253 e. The number of rotatable bonds is 2. The van der Waals surface area contributed by atoms with E-state index in [4.69, 9.17) is 4.74 Å².